The quantitative estimate of drug-likeness (QED) is 0.662. The van der Waals surface area contributed by atoms with Crippen molar-refractivity contribution in [1.29, 1.82) is 0 Å². The van der Waals surface area contributed by atoms with E-state index < -0.39 is 6.09 Å². The molecule has 2 aromatic carbocycles. The van der Waals surface area contributed by atoms with Gasteiger partial charge >= 0.3 is 6.09 Å². The smallest absolute Gasteiger partial charge is 0.407 e. The zero-order valence-corrected chi connectivity index (χ0v) is 13.4. The van der Waals surface area contributed by atoms with E-state index in [1.807, 2.05) is 31.2 Å². The van der Waals surface area contributed by atoms with Crippen LogP contribution in [0.15, 0.2) is 42.6 Å². The van der Waals surface area contributed by atoms with E-state index in [1.165, 1.54) is 18.0 Å². The van der Waals surface area contributed by atoms with Crippen LogP contribution in [-0.2, 0) is 6.54 Å². The number of carboxylic acid groups (broad SMARTS) is 1. The van der Waals surface area contributed by atoms with Gasteiger partial charge in [0.25, 0.3) is 0 Å². The molecular formula is C18H18FN3O2. The van der Waals surface area contributed by atoms with E-state index in [2.05, 4.69) is 10.3 Å². The number of aryl methyl sites for hydroxylation is 1. The summed E-state index contributed by atoms with van der Waals surface area (Å²) in [4.78, 5) is 15.3. The number of benzene rings is 2. The first-order valence-corrected chi connectivity index (χ1v) is 7.51. The van der Waals surface area contributed by atoms with Gasteiger partial charge in [-0.05, 0) is 42.3 Å². The van der Waals surface area contributed by atoms with E-state index in [9.17, 15) is 9.18 Å². The van der Waals surface area contributed by atoms with Gasteiger partial charge in [0.05, 0.1) is 12.2 Å². The third-order valence-corrected chi connectivity index (χ3v) is 3.91. The topological polar surface area (TPSA) is 68.4 Å². The second-order valence-electron chi connectivity index (χ2n) is 5.82. The Morgan fingerprint density at radius 1 is 1.29 bits per heavy atom. The molecule has 0 aliphatic rings. The summed E-state index contributed by atoms with van der Waals surface area (Å²) in [6.07, 6.45) is 0.817. The molecule has 3 aromatic rings. The number of nitrogens with zero attached hydrogens (tertiary/aromatic N) is 1. The minimum Gasteiger partial charge on any atom is -0.465 e. The lowest BCUT2D eigenvalue weighted by Crippen LogP contribution is -2.23. The predicted molar refractivity (Wildman–Crippen MR) is 92.2 cm³/mol. The molecule has 1 heterocycles. The number of anilines is 2. The normalized spacial score (nSPS) is 10.8. The zero-order chi connectivity index (χ0) is 17.3. The average molecular weight is 327 g/mol. The van der Waals surface area contributed by atoms with Crippen molar-refractivity contribution in [2.75, 3.05) is 12.4 Å². The van der Waals surface area contributed by atoms with Gasteiger partial charge in [-0.2, -0.15) is 0 Å². The van der Waals surface area contributed by atoms with Crippen LogP contribution in [0.2, 0.25) is 0 Å². The Morgan fingerprint density at radius 2 is 2.08 bits per heavy atom. The minimum atomic E-state index is -0.975. The van der Waals surface area contributed by atoms with E-state index in [-0.39, 0.29) is 5.82 Å². The molecule has 3 N–H and O–H groups in total. The first kappa shape index (κ1) is 15.9. The molecule has 0 aliphatic carbocycles. The number of carbonyl (C=O) groups is 1. The van der Waals surface area contributed by atoms with Crippen molar-refractivity contribution >= 4 is 28.4 Å². The fourth-order valence-corrected chi connectivity index (χ4v) is 2.60. The van der Waals surface area contributed by atoms with Gasteiger partial charge in [0.1, 0.15) is 5.82 Å². The van der Waals surface area contributed by atoms with Crippen molar-refractivity contribution in [2.45, 2.75) is 13.5 Å². The number of nitrogens with one attached hydrogen (secondary N) is 2. The number of aromatic amines is 1. The summed E-state index contributed by atoms with van der Waals surface area (Å²) in [5, 5.41) is 13.0. The standard InChI is InChI=1S/C18H18FN3O2/c1-11-3-6-16(15(19)7-11)21-13-4-5-14-12(9-20-17(14)8-13)10-22(2)18(23)24/h3-9,20-21H,10H2,1-2H3,(H,23,24). The lowest BCUT2D eigenvalue weighted by atomic mass is 10.1. The molecular weight excluding hydrogens is 309 g/mol. The van der Waals surface area contributed by atoms with Gasteiger partial charge < -0.3 is 20.3 Å². The second-order valence-corrected chi connectivity index (χ2v) is 5.82. The number of halogens is 1. The molecule has 0 spiro atoms. The lowest BCUT2D eigenvalue weighted by molar-refractivity contribution is 0.154. The van der Waals surface area contributed by atoms with Gasteiger partial charge in [0, 0.05) is 29.8 Å². The van der Waals surface area contributed by atoms with Crippen LogP contribution in [0.5, 0.6) is 0 Å². The monoisotopic (exact) mass is 327 g/mol. The largest absolute Gasteiger partial charge is 0.465 e. The maximum atomic E-state index is 13.9. The van der Waals surface area contributed by atoms with Gasteiger partial charge in [0.2, 0.25) is 0 Å². The molecule has 5 nitrogen and oxygen atoms in total. The van der Waals surface area contributed by atoms with Crippen molar-refractivity contribution in [3.8, 4) is 0 Å². The van der Waals surface area contributed by atoms with E-state index in [0.29, 0.717) is 12.2 Å². The molecule has 0 saturated heterocycles. The number of aromatic nitrogens is 1. The second kappa shape index (κ2) is 6.23. The fourth-order valence-electron chi connectivity index (χ4n) is 2.60. The summed E-state index contributed by atoms with van der Waals surface area (Å²) < 4.78 is 13.9. The highest BCUT2D eigenvalue weighted by atomic mass is 19.1. The maximum Gasteiger partial charge on any atom is 0.407 e. The number of fused-ring (bicyclic) bond motifs is 1. The van der Waals surface area contributed by atoms with Gasteiger partial charge in [-0.15, -0.1) is 0 Å². The van der Waals surface area contributed by atoms with Crippen molar-refractivity contribution in [1.82, 2.24) is 9.88 Å². The Balaban J connectivity index is 1.86. The van der Waals surface area contributed by atoms with Gasteiger partial charge in [-0.3, -0.25) is 0 Å². The summed E-state index contributed by atoms with van der Waals surface area (Å²) in [7, 11) is 1.53. The number of hydrogen-bond acceptors (Lipinski definition) is 2. The van der Waals surface area contributed by atoms with E-state index >= 15 is 0 Å². The molecule has 0 radical (unpaired) electrons. The van der Waals surface area contributed by atoms with Crippen LogP contribution < -0.4 is 5.32 Å². The molecule has 0 fully saturated rings. The zero-order valence-electron chi connectivity index (χ0n) is 13.4. The van der Waals surface area contributed by atoms with Gasteiger partial charge in [-0.1, -0.05) is 12.1 Å². The Morgan fingerprint density at radius 3 is 2.79 bits per heavy atom. The van der Waals surface area contributed by atoms with Crippen LogP contribution in [0.4, 0.5) is 20.6 Å². The highest BCUT2D eigenvalue weighted by Crippen LogP contribution is 2.26. The fraction of sp³-hybridized carbons (Fsp3) is 0.167. The summed E-state index contributed by atoms with van der Waals surface area (Å²) in [5.41, 5.74) is 3.79. The van der Waals surface area contributed by atoms with Gasteiger partial charge in [0.15, 0.2) is 0 Å². The van der Waals surface area contributed by atoms with Crippen molar-refractivity contribution in [3.63, 3.8) is 0 Å². The van der Waals surface area contributed by atoms with Crippen LogP contribution in [0.25, 0.3) is 10.9 Å². The molecule has 124 valence electrons. The molecule has 24 heavy (non-hydrogen) atoms. The molecule has 3 rings (SSSR count). The summed E-state index contributed by atoms with van der Waals surface area (Å²) >= 11 is 0. The Hall–Kier alpha value is -3.02. The average Bonchev–Trinajstić information content (AvgIpc) is 2.92. The summed E-state index contributed by atoms with van der Waals surface area (Å²) in [6, 6.07) is 10.6. The number of H-pyrrole nitrogens is 1. The van der Waals surface area contributed by atoms with Crippen molar-refractivity contribution < 1.29 is 14.3 Å². The van der Waals surface area contributed by atoms with Crippen molar-refractivity contribution in [2.24, 2.45) is 0 Å². The Kier molecular flexibility index (Phi) is 4.12. The van der Waals surface area contributed by atoms with Crippen molar-refractivity contribution in [3.05, 3.63) is 59.5 Å². The molecule has 0 atom stereocenters. The maximum absolute atomic E-state index is 13.9. The highest BCUT2D eigenvalue weighted by molar-refractivity contribution is 5.87. The first-order valence-electron chi connectivity index (χ1n) is 7.51. The molecule has 0 saturated carbocycles. The summed E-state index contributed by atoms with van der Waals surface area (Å²) in [6.45, 7) is 2.14. The van der Waals surface area contributed by atoms with E-state index in [1.54, 1.807) is 12.3 Å². The van der Waals surface area contributed by atoms with Gasteiger partial charge in [-0.25, -0.2) is 9.18 Å². The predicted octanol–water partition coefficient (Wildman–Crippen LogP) is 4.47. The van der Waals surface area contributed by atoms with Crippen LogP contribution in [0.1, 0.15) is 11.1 Å². The molecule has 1 amide bonds. The molecule has 0 aliphatic heterocycles. The van der Waals surface area contributed by atoms with E-state index in [4.69, 9.17) is 5.11 Å². The molecule has 6 heteroatoms. The number of amides is 1. The third kappa shape index (κ3) is 3.17. The molecule has 0 unspecified atom stereocenters. The minimum absolute atomic E-state index is 0.300. The van der Waals surface area contributed by atoms with E-state index in [0.717, 1.165) is 27.7 Å². The Bertz CT molecular complexity index is 904. The number of hydrogen-bond donors (Lipinski definition) is 3. The van der Waals surface area contributed by atoms with Crippen LogP contribution in [0.3, 0.4) is 0 Å². The van der Waals surface area contributed by atoms with Crippen LogP contribution in [-0.4, -0.2) is 28.1 Å². The summed E-state index contributed by atoms with van der Waals surface area (Å²) in [5.74, 6) is -0.301. The highest BCUT2D eigenvalue weighted by Gasteiger charge is 2.11. The molecule has 1 aromatic heterocycles. The third-order valence-electron chi connectivity index (χ3n) is 3.91. The Labute approximate surface area is 138 Å². The SMILES string of the molecule is Cc1ccc(Nc2ccc3c(CN(C)C(=O)O)c[nH]c3c2)c(F)c1. The number of rotatable bonds is 4. The lowest BCUT2D eigenvalue weighted by Gasteiger charge is -2.12. The molecule has 0 bridgehead atoms. The van der Waals surface area contributed by atoms with Crippen LogP contribution in [0, 0.1) is 12.7 Å². The van der Waals surface area contributed by atoms with Crippen LogP contribution >= 0.6 is 0 Å². The first-order chi connectivity index (χ1) is 11.4.